The zero-order chi connectivity index (χ0) is 19.9. The summed E-state index contributed by atoms with van der Waals surface area (Å²) in [4.78, 5) is 10.9. The molecule has 1 fully saturated rings. The standard InChI is InChI=1S/C21H28FN5O/c1-4-23-21(25-13-16-7-8-19(28-3)15(2)12-16)26-17-9-11-27(14-17)20-18(22)6-5-10-24-20/h5-8,10,12,17H,4,9,11,13-14H2,1-3H3,(H2,23,25,26). The fourth-order valence-electron chi connectivity index (χ4n) is 3.40. The summed E-state index contributed by atoms with van der Waals surface area (Å²) in [6.45, 7) is 6.88. The van der Waals surface area contributed by atoms with Gasteiger partial charge >= 0.3 is 0 Å². The number of rotatable bonds is 6. The number of anilines is 1. The van der Waals surface area contributed by atoms with Crippen molar-refractivity contribution in [1.82, 2.24) is 15.6 Å². The number of methoxy groups -OCH3 is 1. The summed E-state index contributed by atoms with van der Waals surface area (Å²) in [7, 11) is 1.68. The Morgan fingerprint density at radius 1 is 1.39 bits per heavy atom. The van der Waals surface area contributed by atoms with Gasteiger partial charge in [0.15, 0.2) is 17.6 Å². The largest absolute Gasteiger partial charge is 0.496 e. The van der Waals surface area contributed by atoms with Crippen molar-refractivity contribution in [2.24, 2.45) is 4.99 Å². The van der Waals surface area contributed by atoms with Crippen LogP contribution in [-0.4, -0.2) is 43.7 Å². The third kappa shape index (κ3) is 4.91. The highest BCUT2D eigenvalue weighted by molar-refractivity contribution is 5.80. The van der Waals surface area contributed by atoms with Crippen molar-refractivity contribution in [2.75, 3.05) is 31.6 Å². The van der Waals surface area contributed by atoms with E-state index >= 15 is 0 Å². The van der Waals surface area contributed by atoms with E-state index in [9.17, 15) is 4.39 Å². The number of nitrogens with zero attached hydrogens (tertiary/aromatic N) is 3. The molecule has 2 N–H and O–H groups in total. The molecule has 0 amide bonds. The van der Waals surface area contributed by atoms with Gasteiger partial charge in [-0.15, -0.1) is 0 Å². The molecule has 0 aliphatic carbocycles. The molecule has 2 aromatic rings. The molecule has 1 atom stereocenters. The Kier molecular flexibility index (Phi) is 6.68. The second-order valence-corrected chi connectivity index (χ2v) is 6.88. The van der Waals surface area contributed by atoms with Crippen LogP contribution in [0.25, 0.3) is 0 Å². The first-order valence-electron chi connectivity index (χ1n) is 9.64. The number of hydrogen-bond acceptors (Lipinski definition) is 4. The van der Waals surface area contributed by atoms with E-state index in [-0.39, 0.29) is 11.9 Å². The Balaban J connectivity index is 1.62. The van der Waals surface area contributed by atoms with Crippen LogP contribution in [0, 0.1) is 12.7 Å². The maximum absolute atomic E-state index is 14.0. The summed E-state index contributed by atoms with van der Waals surface area (Å²) >= 11 is 0. The van der Waals surface area contributed by atoms with Gasteiger partial charge in [0.05, 0.1) is 13.7 Å². The number of ether oxygens (including phenoxy) is 1. The van der Waals surface area contributed by atoms with Crippen LogP contribution in [0.4, 0.5) is 10.2 Å². The molecule has 1 aliphatic rings. The highest BCUT2D eigenvalue weighted by atomic mass is 19.1. The molecule has 150 valence electrons. The molecule has 28 heavy (non-hydrogen) atoms. The van der Waals surface area contributed by atoms with Gasteiger partial charge in [-0.1, -0.05) is 12.1 Å². The molecule has 0 bridgehead atoms. The monoisotopic (exact) mass is 385 g/mol. The highest BCUT2D eigenvalue weighted by Crippen LogP contribution is 2.21. The highest BCUT2D eigenvalue weighted by Gasteiger charge is 2.25. The number of aliphatic imine (C=N–C) groups is 1. The number of nitrogens with one attached hydrogen (secondary N) is 2. The molecule has 7 heteroatoms. The van der Waals surface area contributed by atoms with Crippen molar-refractivity contribution in [3.8, 4) is 5.75 Å². The predicted octanol–water partition coefficient (Wildman–Crippen LogP) is 2.87. The minimum Gasteiger partial charge on any atom is -0.496 e. The SMILES string of the molecule is CCNC(=NCc1ccc(OC)c(C)c1)NC1CCN(c2ncccc2F)C1. The van der Waals surface area contributed by atoms with Gasteiger partial charge in [-0.25, -0.2) is 14.4 Å². The van der Waals surface area contributed by atoms with Gasteiger partial charge in [0.2, 0.25) is 0 Å². The smallest absolute Gasteiger partial charge is 0.191 e. The lowest BCUT2D eigenvalue weighted by atomic mass is 10.1. The van der Waals surface area contributed by atoms with Gasteiger partial charge in [-0.2, -0.15) is 0 Å². The van der Waals surface area contributed by atoms with Crippen molar-refractivity contribution in [2.45, 2.75) is 32.9 Å². The van der Waals surface area contributed by atoms with Crippen LogP contribution in [0.3, 0.4) is 0 Å². The number of halogens is 1. The van der Waals surface area contributed by atoms with E-state index in [4.69, 9.17) is 9.73 Å². The van der Waals surface area contributed by atoms with Crippen LogP contribution >= 0.6 is 0 Å². The lowest BCUT2D eigenvalue weighted by Gasteiger charge is -2.20. The Hall–Kier alpha value is -2.83. The van der Waals surface area contributed by atoms with Crippen molar-refractivity contribution in [1.29, 1.82) is 0 Å². The normalized spacial score (nSPS) is 16.9. The number of pyridine rings is 1. The van der Waals surface area contributed by atoms with Gasteiger partial charge < -0.3 is 20.3 Å². The van der Waals surface area contributed by atoms with Crippen molar-refractivity contribution >= 4 is 11.8 Å². The zero-order valence-corrected chi connectivity index (χ0v) is 16.7. The van der Waals surface area contributed by atoms with E-state index in [0.29, 0.717) is 18.9 Å². The molecule has 1 aromatic heterocycles. The Bertz CT molecular complexity index is 826. The van der Waals surface area contributed by atoms with Gasteiger partial charge in [-0.05, 0) is 49.6 Å². The van der Waals surface area contributed by atoms with E-state index < -0.39 is 0 Å². The molecule has 0 spiro atoms. The minimum absolute atomic E-state index is 0.191. The van der Waals surface area contributed by atoms with Crippen molar-refractivity contribution < 1.29 is 9.13 Å². The van der Waals surface area contributed by atoms with E-state index in [1.165, 1.54) is 6.07 Å². The second kappa shape index (κ2) is 9.39. The third-order valence-corrected chi connectivity index (χ3v) is 4.79. The van der Waals surface area contributed by atoms with E-state index in [2.05, 4.69) is 21.7 Å². The summed E-state index contributed by atoms with van der Waals surface area (Å²) in [6.07, 6.45) is 2.53. The molecule has 1 aromatic carbocycles. The van der Waals surface area contributed by atoms with E-state index in [1.807, 2.05) is 30.9 Å². The summed E-state index contributed by atoms with van der Waals surface area (Å²) in [6, 6.07) is 9.34. The number of hydrogen-bond donors (Lipinski definition) is 2. The first-order chi connectivity index (χ1) is 13.6. The number of aryl methyl sites for hydroxylation is 1. The summed E-state index contributed by atoms with van der Waals surface area (Å²) in [5, 5.41) is 6.75. The quantitative estimate of drug-likeness (QED) is 0.591. The Labute approximate surface area is 165 Å². The summed E-state index contributed by atoms with van der Waals surface area (Å²) in [5.74, 6) is 1.79. The first-order valence-corrected chi connectivity index (χ1v) is 9.64. The molecule has 0 saturated carbocycles. The third-order valence-electron chi connectivity index (χ3n) is 4.79. The Morgan fingerprint density at radius 3 is 2.96 bits per heavy atom. The maximum atomic E-state index is 14.0. The van der Waals surface area contributed by atoms with Crippen LogP contribution in [0.5, 0.6) is 5.75 Å². The molecule has 0 radical (unpaired) electrons. The first kappa shape index (κ1) is 19.9. The van der Waals surface area contributed by atoms with Gasteiger partial charge in [0, 0.05) is 31.9 Å². The average molecular weight is 385 g/mol. The van der Waals surface area contributed by atoms with Crippen LogP contribution < -0.4 is 20.3 Å². The predicted molar refractivity (Wildman–Crippen MR) is 110 cm³/mol. The second-order valence-electron chi connectivity index (χ2n) is 6.88. The van der Waals surface area contributed by atoms with Crippen LogP contribution in [0.2, 0.25) is 0 Å². The molecule has 6 nitrogen and oxygen atoms in total. The fraction of sp³-hybridized carbons (Fsp3) is 0.429. The molecule has 1 saturated heterocycles. The van der Waals surface area contributed by atoms with Gasteiger partial charge in [0.1, 0.15) is 5.75 Å². The van der Waals surface area contributed by atoms with E-state index in [0.717, 1.165) is 42.3 Å². The molecular formula is C21H28FN5O. The van der Waals surface area contributed by atoms with Crippen LogP contribution in [-0.2, 0) is 6.54 Å². The van der Waals surface area contributed by atoms with E-state index in [1.54, 1.807) is 19.4 Å². The number of guanidine groups is 1. The van der Waals surface area contributed by atoms with Crippen molar-refractivity contribution in [3.05, 3.63) is 53.5 Å². The average Bonchev–Trinajstić information content (AvgIpc) is 3.15. The molecule has 1 unspecified atom stereocenters. The maximum Gasteiger partial charge on any atom is 0.191 e. The van der Waals surface area contributed by atoms with Gasteiger partial charge in [-0.3, -0.25) is 0 Å². The van der Waals surface area contributed by atoms with Gasteiger partial charge in [0.25, 0.3) is 0 Å². The molecule has 2 heterocycles. The molecule has 1 aliphatic heterocycles. The summed E-state index contributed by atoms with van der Waals surface area (Å²) in [5.41, 5.74) is 2.22. The molecule has 3 rings (SSSR count). The number of benzene rings is 1. The number of aromatic nitrogens is 1. The van der Waals surface area contributed by atoms with Crippen LogP contribution in [0.1, 0.15) is 24.5 Å². The van der Waals surface area contributed by atoms with Crippen molar-refractivity contribution in [3.63, 3.8) is 0 Å². The zero-order valence-electron chi connectivity index (χ0n) is 16.7. The molecular weight excluding hydrogens is 357 g/mol. The van der Waals surface area contributed by atoms with Crippen LogP contribution in [0.15, 0.2) is 41.5 Å². The fourth-order valence-corrected chi connectivity index (χ4v) is 3.40. The topological polar surface area (TPSA) is 61.8 Å². The lowest BCUT2D eigenvalue weighted by Crippen LogP contribution is -2.44. The minimum atomic E-state index is -0.279. The summed E-state index contributed by atoms with van der Waals surface area (Å²) < 4.78 is 19.3. The lowest BCUT2D eigenvalue weighted by molar-refractivity contribution is 0.411. The Morgan fingerprint density at radius 2 is 2.25 bits per heavy atom.